The minimum absolute atomic E-state index is 0.174. The summed E-state index contributed by atoms with van der Waals surface area (Å²) in [5.41, 5.74) is 1.58. The van der Waals surface area contributed by atoms with Crippen molar-refractivity contribution in [1.29, 1.82) is 0 Å². The number of nitrogens with zero attached hydrogens (tertiary/aromatic N) is 1. The highest BCUT2D eigenvalue weighted by atomic mass is 79.9. The van der Waals surface area contributed by atoms with E-state index in [4.69, 9.17) is 18.9 Å². The first kappa shape index (κ1) is 18.0. The van der Waals surface area contributed by atoms with Crippen LogP contribution in [0.5, 0.6) is 17.2 Å². The molecule has 0 aliphatic carbocycles. The van der Waals surface area contributed by atoms with Crippen LogP contribution >= 0.6 is 15.9 Å². The van der Waals surface area contributed by atoms with Crippen molar-refractivity contribution in [2.45, 2.75) is 0 Å². The molecule has 2 aromatic rings. The molecule has 1 heterocycles. The number of carbonyl (C=O) groups excluding carboxylic acids is 1. The minimum Gasteiger partial charge on any atom is -0.493 e. The molecule has 0 bridgehead atoms. The topological polar surface area (TPSA) is 66.4 Å². The van der Waals surface area contributed by atoms with Gasteiger partial charge in [-0.15, -0.1) is 0 Å². The van der Waals surface area contributed by atoms with Crippen molar-refractivity contribution in [3.63, 3.8) is 0 Å². The third-order valence-corrected chi connectivity index (χ3v) is 4.45. The number of carbonyl (C=O) groups is 1. The van der Waals surface area contributed by atoms with E-state index in [-0.39, 0.29) is 11.6 Å². The highest BCUT2D eigenvalue weighted by molar-refractivity contribution is 9.10. The Kier molecular flexibility index (Phi) is 5.27. The highest BCUT2D eigenvalue weighted by Crippen LogP contribution is 2.39. The van der Waals surface area contributed by atoms with Gasteiger partial charge in [0.05, 0.1) is 21.3 Å². The van der Waals surface area contributed by atoms with Crippen molar-refractivity contribution < 1.29 is 23.7 Å². The Hall–Kier alpha value is -2.80. The van der Waals surface area contributed by atoms with E-state index in [1.165, 1.54) is 21.3 Å². The average molecular weight is 418 g/mol. The van der Waals surface area contributed by atoms with Crippen LogP contribution in [0.25, 0.3) is 6.08 Å². The zero-order valence-corrected chi connectivity index (χ0v) is 16.0. The quantitative estimate of drug-likeness (QED) is 0.546. The van der Waals surface area contributed by atoms with Crippen molar-refractivity contribution in [1.82, 2.24) is 0 Å². The van der Waals surface area contributed by atoms with Crippen LogP contribution in [0.2, 0.25) is 0 Å². The van der Waals surface area contributed by atoms with E-state index in [1.54, 1.807) is 18.2 Å². The molecule has 1 aliphatic rings. The van der Waals surface area contributed by atoms with Gasteiger partial charge >= 0.3 is 5.97 Å². The number of methoxy groups -OCH3 is 3. The van der Waals surface area contributed by atoms with E-state index in [1.807, 2.05) is 24.3 Å². The molecule has 0 radical (unpaired) electrons. The molecule has 0 aromatic heterocycles. The van der Waals surface area contributed by atoms with E-state index in [0.29, 0.717) is 22.8 Å². The molecule has 6 nitrogen and oxygen atoms in total. The molecule has 0 amide bonds. The summed E-state index contributed by atoms with van der Waals surface area (Å²) in [6.45, 7) is 0. The summed E-state index contributed by atoms with van der Waals surface area (Å²) in [7, 11) is 4.55. The van der Waals surface area contributed by atoms with Crippen LogP contribution in [0.1, 0.15) is 11.1 Å². The molecule has 0 spiro atoms. The van der Waals surface area contributed by atoms with Gasteiger partial charge in [-0.25, -0.2) is 9.79 Å². The van der Waals surface area contributed by atoms with E-state index in [9.17, 15) is 4.79 Å². The third kappa shape index (κ3) is 3.43. The second-order valence-corrected chi connectivity index (χ2v) is 6.13. The number of hydrogen-bond acceptors (Lipinski definition) is 6. The second kappa shape index (κ2) is 7.61. The number of aliphatic imine (C=N–C) groups is 1. The van der Waals surface area contributed by atoms with Crippen molar-refractivity contribution in [2.24, 2.45) is 4.99 Å². The van der Waals surface area contributed by atoms with Gasteiger partial charge in [0.25, 0.3) is 0 Å². The van der Waals surface area contributed by atoms with Crippen LogP contribution < -0.4 is 14.2 Å². The van der Waals surface area contributed by atoms with Crippen LogP contribution in [0.4, 0.5) is 0 Å². The Morgan fingerprint density at radius 2 is 1.69 bits per heavy atom. The maximum Gasteiger partial charge on any atom is 0.363 e. The van der Waals surface area contributed by atoms with Gasteiger partial charge in [-0.2, -0.15) is 0 Å². The van der Waals surface area contributed by atoms with Gasteiger partial charge in [0.2, 0.25) is 11.6 Å². The fourth-order valence-corrected chi connectivity index (χ4v) is 2.88. The molecule has 0 atom stereocenters. The number of cyclic esters (lactones) is 1. The zero-order valence-electron chi connectivity index (χ0n) is 14.4. The summed E-state index contributed by atoms with van der Waals surface area (Å²) < 4.78 is 22.1. The van der Waals surface area contributed by atoms with Crippen LogP contribution in [-0.4, -0.2) is 33.2 Å². The Morgan fingerprint density at radius 1 is 1.04 bits per heavy atom. The maximum absolute atomic E-state index is 12.2. The molecule has 1 aliphatic heterocycles. The number of benzene rings is 2. The first-order chi connectivity index (χ1) is 12.6. The van der Waals surface area contributed by atoms with E-state index in [0.717, 1.165) is 10.0 Å². The van der Waals surface area contributed by atoms with Gasteiger partial charge in [0.1, 0.15) is 0 Å². The summed E-state index contributed by atoms with van der Waals surface area (Å²) in [5.74, 6) is 0.998. The van der Waals surface area contributed by atoms with Crippen LogP contribution in [0.15, 0.2) is 51.6 Å². The normalized spacial score (nSPS) is 14.8. The molecular weight excluding hydrogens is 402 g/mol. The Labute approximate surface area is 159 Å². The van der Waals surface area contributed by atoms with Crippen molar-refractivity contribution >= 4 is 33.9 Å². The monoisotopic (exact) mass is 417 g/mol. The Balaban J connectivity index is 2.03. The smallest absolute Gasteiger partial charge is 0.363 e. The summed E-state index contributed by atoms with van der Waals surface area (Å²) >= 11 is 3.45. The first-order valence-electron chi connectivity index (χ1n) is 7.65. The van der Waals surface area contributed by atoms with E-state index >= 15 is 0 Å². The Bertz CT molecular complexity index is 895. The lowest BCUT2D eigenvalue weighted by molar-refractivity contribution is -0.129. The third-order valence-electron chi connectivity index (χ3n) is 3.73. The summed E-state index contributed by atoms with van der Waals surface area (Å²) in [6.07, 6.45) is 1.66. The predicted octanol–water partition coefficient (Wildman–Crippen LogP) is 3.82. The SMILES string of the molecule is COc1cc(C2=N/C(=C\c3ccccc3Br)C(=O)O2)cc(OC)c1OC. The lowest BCUT2D eigenvalue weighted by atomic mass is 10.1. The highest BCUT2D eigenvalue weighted by Gasteiger charge is 2.26. The fraction of sp³-hybridized carbons (Fsp3) is 0.158. The van der Waals surface area contributed by atoms with Gasteiger partial charge in [-0.3, -0.25) is 0 Å². The number of esters is 1. The van der Waals surface area contributed by atoms with Gasteiger partial charge in [-0.05, 0) is 29.8 Å². The molecule has 26 heavy (non-hydrogen) atoms. The Morgan fingerprint density at radius 3 is 2.27 bits per heavy atom. The molecule has 7 heteroatoms. The van der Waals surface area contributed by atoms with Gasteiger partial charge in [0.15, 0.2) is 17.2 Å². The number of hydrogen-bond donors (Lipinski definition) is 0. The molecule has 0 saturated heterocycles. The summed E-state index contributed by atoms with van der Waals surface area (Å²) in [5, 5.41) is 0. The fourth-order valence-electron chi connectivity index (χ4n) is 2.48. The zero-order chi connectivity index (χ0) is 18.7. The molecule has 134 valence electrons. The predicted molar refractivity (Wildman–Crippen MR) is 101 cm³/mol. The summed E-state index contributed by atoms with van der Waals surface area (Å²) in [4.78, 5) is 16.5. The first-order valence-corrected chi connectivity index (χ1v) is 8.44. The number of halogens is 1. The average Bonchev–Trinajstić information content (AvgIpc) is 3.02. The van der Waals surface area contributed by atoms with Crippen LogP contribution in [0, 0.1) is 0 Å². The van der Waals surface area contributed by atoms with Crippen molar-refractivity contribution in [3.05, 3.63) is 57.7 Å². The lowest BCUT2D eigenvalue weighted by Gasteiger charge is -2.13. The number of ether oxygens (including phenoxy) is 4. The molecule has 0 fully saturated rings. The number of rotatable bonds is 5. The van der Waals surface area contributed by atoms with Crippen LogP contribution in [0.3, 0.4) is 0 Å². The van der Waals surface area contributed by atoms with Crippen molar-refractivity contribution in [3.8, 4) is 17.2 Å². The second-order valence-electron chi connectivity index (χ2n) is 5.27. The lowest BCUT2D eigenvalue weighted by Crippen LogP contribution is -2.06. The largest absolute Gasteiger partial charge is 0.493 e. The van der Waals surface area contributed by atoms with Gasteiger partial charge in [0, 0.05) is 10.0 Å². The van der Waals surface area contributed by atoms with Crippen molar-refractivity contribution in [2.75, 3.05) is 21.3 Å². The molecular formula is C19H16BrNO5. The molecule has 2 aromatic carbocycles. The van der Waals surface area contributed by atoms with E-state index in [2.05, 4.69) is 20.9 Å². The van der Waals surface area contributed by atoms with E-state index < -0.39 is 5.97 Å². The van der Waals surface area contributed by atoms with Crippen LogP contribution in [-0.2, 0) is 9.53 Å². The molecule has 0 N–H and O–H groups in total. The molecule has 3 rings (SSSR count). The molecule has 0 unspecified atom stereocenters. The summed E-state index contributed by atoms with van der Waals surface area (Å²) in [6, 6.07) is 10.9. The standard InChI is InChI=1S/C19H16BrNO5/c1-23-15-9-12(10-16(24-2)17(15)25-3)18-21-14(19(22)26-18)8-11-6-4-5-7-13(11)20/h4-10H,1-3H3/b14-8-. The molecule has 0 saturated carbocycles. The van der Waals surface area contributed by atoms with Gasteiger partial charge < -0.3 is 18.9 Å². The maximum atomic E-state index is 12.2. The van der Waals surface area contributed by atoms with Gasteiger partial charge in [-0.1, -0.05) is 34.1 Å². The minimum atomic E-state index is -0.524.